The van der Waals surface area contributed by atoms with E-state index < -0.39 is 0 Å². The topological polar surface area (TPSA) is 12.0 Å². The molecule has 112 valence electrons. The van der Waals surface area contributed by atoms with Crippen LogP contribution in [0.2, 0.25) is 0 Å². The Morgan fingerprint density at radius 1 is 1.14 bits per heavy atom. The van der Waals surface area contributed by atoms with Gasteiger partial charge in [0.25, 0.3) is 0 Å². The van der Waals surface area contributed by atoms with E-state index in [0.29, 0.717) is 0 Å². The predicted molar refractivity (Wildman–Crippen MR) is 90.1 cm³/mol. The average Bonchev–Trinajstić information content (AvgIpc) is 2.42. The van der Waals surface area contributed by atoms with Crippen molar-refractivity contribution in [1.29, 1.82) is 0 Å². The molecule has 0 saturated carbocycles. The second-order valence-corrected chi connectivity index (χ2v) is 6.20. The molecule has 1 N–H and O–H groups in total. The van der Waals surface area contributed by atoms with E-state index in [0.717, 1.165) is 23.0 Å². The van der Waals surface area contributed by atoms with Gasteiger partial charge in [-0.1, -0.05) is 47.1 Å². The second-order valence-electron chi connectivity index (χ2n) is 5.35. The van der Waals surface area contributed by atoms with Gasteiger partial charge < -0.3 is 5.32 Å². The van der Waals surface area contributed by atoms with E-state index in [9.17, 15) is 4.39 Å². The summed E-state index contributed by atoms with van der Waals surface area (Å²) >= 11 is 3.49. The second kappa shape index (κ2) is 7.19. The fourth-order valence-electron chi connectivity index (χ4n) is 2.70. The predicted octanol–water partition coefficient (Wildman–Crippen LogP) is 5.10. The summed E-state index contributed by atoms with van der Waals surface area (Å²) in [6, 6.07) is 11.5. The lowest BCUT2D eigenvalue weighted by atomic mass is 9.93. The summed E-state index contributed by atoms with van der Waals surface area (Å²) in [6.07, 6.45) is 0.899. The molecule has 21 heavy (non-hydrogen) atoms. The molecule has 0 aliphatic heterocycles. The van der Waals surface area contributed by atoms with E-state index in [1.165, 1.54) is 28.8 Å². The molecule has 0 aromatic heterocycles. The molecular formula is C18H21BrFN. The number of hydrogen-bond donors (Lipinski definition) is 1. The lowest BCUT2D eigenvalue weighted by molar-refractivity contribution is 0.543. The molecule has 1 atom stereocenters. The van der Waals surface area contributed by atoms with Crippen LogP contribution in [0.5, 0.6) is 0 Å². The Labute approximate surface area is 134 Å². The number of rotatable bonds is 5. The molecular weight excluding hydrogens is 329 g/mol. The highest BCUT2D eigenvalue weighted by Crippen LogP contribution is 2.28. The Kier molecular flexibility index (Phi) is 5.54. The summed E-state index contributed by atoms with van der Waals surface area (Å²) in [4.78, 5) is 0. The molecule has 0 heterocycles. The van der Waals surface area contributed by atoms with Crippen molar-refractivity contribution in [1.82, 2.24) is 5.32 Å². The van der Waals surface area contributed by atoms with Crippen LogP contribution in [-0.2, 0) is 6.42 Å². The van der Waals surface area contributed by atoms with Crippen LogP contribution in [0.1, 0.15) is 35.2 Å². The average molecular weight is 350 g/mol. The summed E-state index contributed by atoms with van der Waals surface area (Å²) in [5.41, 5.74) is 5.06. The normalized spacial score (nSPS) is 12.4. The van der Waals surface area contributed by atoms with Crippen LogP contribution in [0.3, 0.4) is 0 Å². The minimum atomic E-state index is -0.215. The van der Waals surface area contributed by atoms with Gasteiger partial charge in [-0.25, -0.2) is 4.39 Å². The molecule has 2 aromatic rings. The van der Waals surface area contributed by atoms with Gasteiger partial charge in [-0.3, -0.25) is 0 Å². The van der Waals surface area contributed by atoms with E-state index in [4.69, 9.17) is 0 Å². The molecule has 2 rings (SSSR count). The van der Waals surface area contributed by atoms with E-state index in [1.807, 2.05) is 6.07 Å². The molecule has 0 radical (unpaired) electrons. The van der Waals surface area contributed by atoms with E-state index in [-0.39, 0.29) is 11.9 Å². The molecule has 0 saturated heterocycles. The largest absolute Gasteiger partial charge is 0.310 e. The standard InChI is InChI=1S/C18H21BrFN/c1-4-21-18(15-9-8-14(20)10-17(15)19)11-16-12(2)6-5-7-13(16)3/h5-10,18,21H,4,11H2,1-3H3. The van der Waals surface area contributed by atoms with Crippen molar-refractivity contribution in [3.8, 4) is 0 Å². The van der Waals surface area contributed by atoms with Crippen LogP contribution in [0.15, 0.2) is 40.9 Å². The van der Waals surface area contributed by atoms with Crippen LogP contribution in [0, 0.1) is 19.7 Å². The van der Waals surface area contributed by atoms with Crippen molar-refractivity contribution >= 4 is 15.9 Å². The van der Waals surface area contributed by atoms with Gasteiger partial charge in [0.15, 0.2) is 0 Å². The first-order valence-corrected chi connectivity index (χ1v) is 8.05. The quantitative estimate of drug-likeness (QED) is 0.791. The Morgan fingerprint density at radius 2 is 1.81 bits per heavy atom. The maximum atomic E-state index is 13.3. The van der Waals surface area contributed by atoms with Gasteiger partial charge in [0.1, 0.15) is 5.82 Å². The molecule has 1 unspecified atom stereocenters. The summed E-state index contributed by atoms with van der Waals surface area (Å²) in [6.45, 7) is 7.25. The van der Waals surface area contributed by atoms with Gasteiger partial charge in [-0.15, -0.1) is 0 Å². The molecule has 0 bridgehead atoms. The van der Waals surface area contributed by atoms with E-state index in [1.54, 1.807) is 0 Å². The van der Waals surface area contributed by atoms with Gasteiger partial charge in [-0.2, -0.15) is 0 Å². The van der Waals surface area contributed by atoms with Crippen molar-refractivity contribution < 1.29 is 4.39 Å². The molecule has 1 nitrogen and oxygen atoms in total. The lowest BCUT2D eigenvalue weighted by Gasteiger charge is -2.22. The van der Waals surface area contributed by atoms with Crippen LogP contribution in [0.25, 0.3) is 0 Å². The summed E-state index contributed by atoms with van der Waals surface area (Å²) in [7, 11) is 0. The Hall–Kier alpha value is -1.19. The summed E-state index contributed by atoms with van der Waals surface area (Å²) in [5.74, 6) is -0.215. The molecule has 0 aliphatic rings. The van der Waals surface area contributed by atoms with Gasteiger partial charge in [0, 0.05) is 10.5 Å². The SMILES string of the molecule is CCNC(Cc1c(C)cccc1C)c1ccc(F)cc1Br. The molecule has 0 spiro atoms. The number of benzene rings is 2. The van der Waals surface area contributed by atoms with Gasteiger partial charge >= 0.3 is 0 Å². The number of nitrogens with one attached hydrogen (secondary N) is 1. The highest BCUT2D eigenvalue weighted by atomic mass is 79.9. The molecule has 2 aromatic carbocycles. The van der Waals surface area contributed by atoms with Crippen molar-refractivity contribution in [2.75, 3.05) is 6.54 Å². The first-order chi connectivity index (χ1) is 10.0. The summed E-state index contributed by atoms with van der Waals surface area (Å²) < 4.78 is 14.1. The Balaban J connectivity index is 2.35. The van der Waals surface area contributed by atoms with E-state index >= 15 is 0 Å². The Morgan fingerprint density at radius 3 is 2.38 bits per heavy atom. The monoisotopic (exact) mass is 349 g/mol. The first kappa shape index (κ1) is 16.2. The smallest absolute Gasteiger partial charge is 0.124 e. The maximum Gasteiger partial charge on any atom is 0.124 e. The number of aryl methyl sites for hydroxylation is 2. The zero-order valence-corrected chi connectivity index (χ0v) is 14.3. The van der Waals surface area contributed by atoms with Crippen molar-refractivity contribution in [2.45, 2.75) is 33.2 Å². The molecule has 0 fully saturated rings. The van der Waals surface area contributed by atoms with Crippen molar-refractivity contribution in [3.05, 3.63) is 68.9 Å². The first-order valence-electron chi connectivity index (χ1n) is 7.26. The highest BCUT2D eigenvalue weighted by Gasteiger charge is 2.16. The number of halogens is 2. The maximum absolute atomic E-state index is 13.3. The fourth-order valence-corrected chi connectivity index (χ4v) is 3.32. The van der Waals surface area contributed by atoms with Crippen LogP contribution >= 0.6 is 15.9 Å². The number of hydrogen-bond acceptors (Lipinski definition) is 1. The highest BCUT2D eigenvalue weighted by molar-refractivity contribution is 9.10. The summed E-state index contributed by atoms with van der Waals surface area (Å²) in [5, 5.41) is 3.51. The van der Waals surface area contributed by atoms with Crippen molar-refractivity contribution in [3.63, 3.8) is 0 Å². The lowest BCUT2D eigenvalue weighted by Crippen LogP contribution is -2.24. The molecule has 0 amide bonds. The third-order valence-electron chi connectivity index (χ3n) is 3.84. The van der Waals surface area contributed by atoms with Crippen LogP contribution < -0.4 is 5.32 Å². The molecule has 3 heteroatoms. The zero-order valence-electron chi connectivity index (χ0n) is 12.7. The minimum absolute atomic E-state index is 0.171. The zero-order chi connectivity index (χ0) is 15.4. The minimum Gasteiger partial charge on any atom is -0.310 e. The Bertz CT molecular complexity index is 604. The van der Waals surface area contributed by atoms with Gasteiger partial charge in [0.2, 0.25) is 0 Å². The third-order valence-corrected chi connectivity index (χ3v) is 4.53. The van der Waals surface area contributed by atoms with Gasteiger partial charge in [-0.05, 0) is 61.2 Å². The number of likely N-dealkylation sites (N-methyl/N-ethyl adjacent to an activating group) is 1. The van der Waals surface area contributed by atoms with Gasteiger partial charge in [0.05, 0.1) is 0 Å². The van der Waals surface area contributed by atoms with Crippen LogP contribution in [-0.4, -0.2) is 6.54 Å². The molecule has 0 aliphatic carbocycles. The third kappa shape index (κ3) is 3.92. The van der Waals surface area contributed by atoms with Crippen LogP contribution in [0.4, 0.5) is 4.39 Å². The van der Waals surface area contributed by atoms with E-state index in [2.05, 4.69) is 60.2 Å². The fraction of sp³-hybridized carbons (Fsp3) is 0.333. The van der Waals surface area contributed by atoms with Crippen molar-refractivity contribution in [2.24, 2.45) is 0 Å².